The van der Waals surface area contributed by atoms with E-state index in [0.717, 1.165) is 17.0 Å². The third kappa shape index (κ3) is 2.38. The highest BCUT2D eigenvalue weighted by atomic mass is 16.1. The van der Waals surface area contributed by atoms with Crippen LogP contribution in [0.25, 0.3) is 0 Å². The summed E-state index contributed by atoms with van der Waals surface area (Å²) >= 11 is 0. The molecule has 0 aliphatic carbocycles. The average molecular weight is 261 g/mol. The largest absolute Gasteiger partial charge is 0.345 e. The van der Waals surface area contributed by atoms with Crippen LogP contribution in [0.4, 0.5) is 0 Å². The summed E-state index contributed by atoms with van der Waals surface area (Å²) in [5, 5.41) is 14.0. The summed E-state index contributed by atoms with van der Waals surface area (Å²) in [6, 6.07) is -0.0881. The quantitative estimate of drug-likeness (QED) is 0.880. The predicted molar refractivity (Wildman–Crippen MR) is 71.9 cm³/mol. The summed E-state index contributed by atoms with van der Waals surface area (Å²) in [5.74, 6) is -0.112. The smallest absolute Gasteiger partial charge is 0.255 e. The fourth-order valence-electron chi connectivity index (χ4n) is 2.17. The van der Waals surface area contributed by atoms with Crippen LogP contribution in [0.2, 0.25) is 0 Å². The van der Waals surface area contributed by atoms with Gasteiger partial charge in [0.2, 0.25) is 0 Å². The number of aromatic amines is 1. The lowest BCUT2D eigenvalue weighted by molar-refractivity contribution is 0.0938. The van der Waals surface area contributed by atoms with Gasteiger partial charge in [-0.25, -0.2) is 0 Å². The van der Waals surface area contributed by atoms with Crippen LogP contribution in [0.5, 0.6) is 0 Å². The Kier molecular flexibility index (Phi) is 3.42. The first kappa shape index (κ1) is 13.3. The lowest BCUT2D eigenvalue weighted by Gasteiger charge is -2.13. The van der Waals surface area contributed by atoms with Crippen molar-refractivity contribution in [1.29, 1.82) is 0 Å². The van der Waals surface area contributed by atoms with Crippen LogP contribution in [0.3, 0.4) is 0 Å². The molecule has 0 saturated carbocycles. The van der Waals surface area contributed by atoms with Gasteiger partial charge in [0.25, 0.3) is 5.91 Å². The number of carbonyl (C=O) groups is 1. The second-order valence-corrected chi connectivity index (χ2v) is 4.81. The molecular formula is C13H19N5O. The zero-order valence-electron chi connectivity index (χ0n) is 11.9. The van der Waals surface area contributed by atoms with E-state index >= 15 is 0 Å². The Labute approximate surface area is 112 Å². The van der Waals surface area contributed by atoms with Crippen LogP contribution >= 0.6 is 0 Å². The molecule has 1 unspecified atom stereocenters. The second kappa shape index (κ2) is 4.87. The van der Waals surface area contributed by atoms with E-state index in [-0.39, 0.29) is 11.9 Å². The molecular weight excluding hydrogens is 242 g/mol. The molecule has 0 radical (unpaired) electrons. The molecule has 0 bridgehead atoms. The zero-order chi connectivity index (χ0) is 14.2. The number of nitrogens with one attached hydrogen (secondary N) is 2. The van der Waals surface area contributed by atoms with Crippen molar-refractivity contribution < 1.29 is 4.79 Å². The van der Waals surface area contributed by atoms with Crippen LogP contribution in [-0.2, 0) is 7.05 Å². The molecule has 0 aliphatic heterocycles. The highest BCUT2D eigenvalue weighted by Gasteiger charge is 2.19. The molecule has 102 valence electrons. The molecule has 1 amide bonds. The van der Waals surface area contributed by atoms with Crippen LogP contribution in [0.1, 0.15) is 46.0 Å². The van der Waals surface area contributed by atoms with Gasteiger partial charge in [0, 0.05) is 24.0 Å². The Morgan fingerprint density at radius 1 is 1.42 bits per heavy atom. The van der Waals surface area contributed by atoms with E-state index in [1.807, 2.05) is 34.7 Å². The highest BCUT2D eigenvalue weighted by molar-refractivity contribution is 5.96. The van der Waals surface area contributed by atoms with Gasteiger partial charge in [-0.05, 0) is 27.7 Å². The van der Waals surface area contributed by atoms with E-state index in [1.165, 1.54) is 0 Å². The van der Waals surface area contributed by atoms with E-state index in [4.69, 9.17) is 0 Å². The second-order valence-electron chi connectivity index (χ2n) is 4.81. The molecule has 6 heteroatoms. The van der Waals surface area contributed by atoms with Crippen molar-refractivity contribution in [3.63, 3.8) is 0 Å². The number of H-pyrrole nitrogens is 1. The van der Waals surface area contributed by atoms with Crippen molar-refractivity contribution in [1.82, 2.24) is 25.3 Å². The van der Waals surface area contributed by atoms with Gasteiger partial charge in [0.05, 0.1) is 23.5 Å². The fourth-order valence-corrected chi connectivity index (χ4v) is 2.17. The Morgan fingerprint density at radius 3 is 2.58 bits per heavy atom. The fraction of sp³-hybridized carbons (Fsp3) is 0.462. The molecule has 0 aliphatic rings. The third-order valence-corrected chi connectivity index (χ3v) is 3.44. The maximum absolute atomic E-state index is 12.3. The van der Waals surface area contributed by atoms with Gasteiger partial charge in [-0.2, -0.15) is 10.2 Å². The predicted octanol–water partition coefficient (Wildman–Crippen LogP) is 1.56. The van der Waals surface area contributed by atoms with E-state index in [1.54, 1.807) is 10.9 Å². The number of nitrogens with zero attached hydrogens (tertiary/aromatic N) is 3. The van der Waals surface area contributed by atoms with Gasteiger partial charge in [-0.3, -0.25) is 14.6 Å². The molecule has 0 spiro atoms. The van der Waals surface area contributed by atoms with Gasteiger partial charge >= 0.3 is 0 Å². The topological polar surface area (TPSA) is 75.6 Å². The van der Waals surface area contributed by atoms with Crippen LogP contribution in [-0.4, -0.2) is 25.9 Å². The summed E-state index contributed by atoms with van der Waals surface area (Å²) in [6.07, 6.45) is 1.79. The standard InChI is InChI=1S/C13H19N5O/c1-7(11-6-14-18(5)10(11)4)15-13(19)12-8(2)16-17-9(12)3/h6-7H,1-5H3,(H,15,19)(H,16,17). The summed E-state index contributed by atoms with van der Waals surface area (Å²) in [7, 11) is 1.89. The molecule has 2 aromatic rings. The van der Waals surface area contributed by atoms with Crippen LogP contribution in [0.15, 0.2) is 6.20 Å². The van der Waals surface area contributed by atoms with Crippen molar-refractivity contribution in [2.75, 3.05) is 0 Å². The Balaban J connectivity index is 2.18. The van der Waals surface area contributed by atoms with Crippen molar-refractivity contribution in [3.05, 3.63) is 34.4 Å². The van der Waals surface area contributed by atoms with E-state index in [2.05, 4.69) is 20.6 Å². The maximum atomic E-state index is 12.3. The first-order valence-electron chi connectivity index (χ1n) is 6.22. The summed E-state index contributed by atoms with van der Waals surface area (Å²) < 4.78 is 1.80. The normalized spacial score (nSPS) is 12.5. The van der Waals surface area contributed by atoms with Gasteiger partial charge in [0.15, 0.2) is 0 Å². The monoisotopic (exact) mass is 261 g/mol. The number of aryl methyl sites for hydroxylation is 3. The minimum absolute atomic E-state index is 0.0881. The van der Waals surface area contributed by atoms with Crippen molar-refractivity contribution in [2.24, 2.45) is 7.05 Å². The van der Waals surface area contributed by atoms with Crippen LogP contribution in [0, 0.1) is 20.8 Å². The van der Waals surface area contributed by atoms with Gasteiger partial charge in [-0.1, -0.05) is 0 Å². The lowest BCUT2D eigenvalue weighted by Crippen LogP contribution is -2.27. The highest BCUT2D eigenvalue weighted by Crippen LogP contribution is 2.17. The number of carbonyl (C=O) groups excluding carboxylic acids is 1. The Morgan fingerprint density at radius 2 is 2.11 bits per heavy atom. The van der Waals surface area contributed by atoms with Gasteiger partial charge in [-0.15, -0.1) is 0 Å². The molecule has 2 heterocycles. The van der Waals surface area contributed by atoms with Gasteiger partial charge < -0.3 is 5.32 Å². The number of hydrogen-bond donors (Lipinski definition) is 2. The molecule has 1 atom stereocenters. The summed E-state index contributed by atoms with van der Waals surface area (Å²) in [6.45, 7) is 7.60. The molecule has 0 aromatic carbocycles. The minimum atomic E-state index is -0.112. The third-order valence-electron chi connectivity index (χ3n) is 3.44. The average Bonchev–Trinajstić information content (AvgIpc) is 2.84. The number of rotatable bonds is 3. The molecule has 2 rings (SSSR count). The summed E-state index contributed by atoms with van der Waals surface area (Å²) in [5.41, 5.74) is 4.19. The van der Waals surface area contributed by atoms with Gasteiger partial charge in [0.1, 0.15) is 0 Å². The number of amides is 1. The molecule has 19 heavy (non-hydrogen) atoms. The molecule has 2 aromatic heterocycles. The van der Waals surface area contributed by atoms with Crippen molar-refractivity contribution >= 4 is 5.91 Å². The van der Waals surface area contributed by atoms with E-state index in [0.29, 0.717) is 11.3 Å². The Hall–Kier alpha value is -2.11. The SMILES string of the molecule is Cc1n[nH]c(C)c1C(=O)NC(C)c1cnn(C)c1C. The van der Waals surface area contributed by atoms with Crippen LogP contribution < -0.4 is 5.32 Å². The van der Waals surface area contributed by atoms with E-state index < -0.39 is 0 Å². The number of aromatic nitrogens is 4. The Bertz CT molecular complexity index is 591. The minimum Gasteiger partial charge on any atom is -0.345 e. The van der Waals surface area contributed by atoms with Crippen molar-refractivity contribution in [3.8, 4) is 0 Å². The zero-order valence-corrected chi connectivity index (χ0v) is 11.9. The summed E-state index contributed by atoms with van der Waals surface area (Å²) in [4.78, 5) is 12.3. The molecule has 6 nitrogen and oxygen atoms in total. The number of hydrogen-bond acceptors (Lipinski definition) is 3. The maximum Gasteiger partial charge on any atom is 0.255 e. The molecule has 0 fully saturated rings. The van der Waals surface area contributed by atoms with E-state index in [9.17, 15) is 4.79 Å². The first-order chi connectivity index (χ1) is 8.91. The van der Waals surface area contributed by atoms with Crippen molar-refractivity contribution in [2.45, 2.75) is 33.7 Å². The lowest BCUT2D eigenvalue weighted by atomic mass is 10.1. The molecule has 0 saturated heterocycles. The first-order valence-corrected chi connectivity index (χ1v) is 6.22. The molecule has 2 N–H and O–H groups in total.